The molecule has 1 N–H and O–H groups in total. The number of halogens is 1. The van der Waals surface area contributed by atoms with Crippen molar-refractivity contribution in [3.63, 3.8) is 0 Å². The van der Waals surface area contributed by atoms with Gasteiger partial charge in [-0.05, 0) is 39.3 Å². The Kier molecular flexibility index (Phi) is 4.86. The van der Waals surface area contributed by atoms with Gasteiger partial charge in [0.05, 0.1) is 22.8 Å². The zero-order valence-corrected chi connectivity index (χ0v) is 13.4. The molecule has 1 fully saturated rings. The number of rotatable bonds is 5. The number of carbonyl (C=O) groups is 1. The van der Waals surface area contributed by atoms with Crippen LogP contribution < -0.4 is 5.32 Å². The minimum Gasteiger partial charge on any atom is -0.317 e. The van der Waals surface area contributed by atoms with E-state index in [9.17, 15) is 4.79 Å². The minimum atomic E-state index is -0.218. The lowest BCUT2D eigenvalue weighted by atomic mass is 9.76. The largest absolute Gasteiger partial charge is 0.317 e. The molecule has 1 aliphatic rings. The zero-order chi connectivity index (χ0) is 14.8. The second-order valence-electron chi connectivity index (χ2n) is 5.79. The fourth-order valence-electron chi connectivity index (χ4n) is 2.81. The molecule has 0 saturated carbocycles. The predicted octanol–water partition coefficient (Wildman–Crippen LogP) is 2.62. The molecule has 1 aromatic heterocycles. The van der Waals surface area contributed by atoms with E-state index in [4.69, 9.17) is 11.6 Å². The van der Waals surface area contributed by atoms with Crippen LogP contribution in [0.25, 0.3) is 0 Å². The molecule has 4 nitrogen and oxygen atoms in total. The van der Waals surface area contributed by atoms with Crippen LogP contribution in [0.2, 0.25) is 5.02 Å². The van der Waals surface area contributed by atoms with E-state index in [1.807, 2.05) is 18.5 Å². The van der Waals surface area contributed by atoms with Gasteiger partial charge in [-0.1, -0.05) is 25.4 Å². The zero-order valence-electron chi connectivity index (χ0n) is 12.6. The van der Waals surface area contributed by atoms with Crippen LogP contribution in [0.15, 0.2) is 0 Å². The van der Waals surface area contributed by atoms with E-state index >= 15 is 0 Å². The average molecular weight is 298 g/mol. The van der Waals surface area contributed by atoms with E-state index in [-0.39, 0.29) is 11.2 Å². The smallest absolute Gasteiger partial charge is 0.144 e. The maximum absolute atomic E-state index is 12.7. The normalized spacial score (nSPS) is 18.2. The number of piperidine rings is 1. The van der Waals surface area contributed by atoms with Crippen LogP contribution in [-0.2, 0) is 24.2 Å². The SMILES string of the molecule is CCc1nn(CC)c(CC(=O)C2(C)CCNCC2)c1Cl. The molecular weight excluding hydrogens is 274 g/mol. The van der Waals surface area contributed by atoms with Crippen molar-refractivity contribution >= 4 is 17.4 Å². The molecule has 1 aliphatic heterocycles. The van der Waals surface area contributed by atoms with Gasteiger partial charge in [0.2, 0.25) is 0 Å². The number of Topliss-reactive ketones (excluding diaryl/α,β-unsaturated/α-hetero) is 1. The molecule has 2 heterocycles. The van der Waals surface area contributed by atoms with Crippen LogP contribution in [0, 0.1) is 5.41 Å². The number of ketones is 1. The van der Waals surface area contributed by atoms with E-state index < -0.39 is 0 Å². The van der Waals surface area contributed by atoms with Gasteiger partial charge in [-0.15, -0.1) is 0 Å². The first-order chi connectivity index (χ1) is 9.51. The Hall–Kier alpha value is -0.870. The summed E-state index contributed by atoms with van der Waals surface area (Å²) in [5, 5.41) is 8.48. The van der Waals surface area contributed by atoms with E-state index in [2.05, 4.69) is 17.3 Å². The lowest BCUT2D eigenvalue weighted by molar-refractivity contribution is -0.128. The van der Waals surface area contributed by atoms with Crippen LogP contribution in [0.1, 0.15) is 45.0 Å². The quantitative estimate of drug-likeness (QED) is 0.909. The number of hydrogen-bond acceptors (Lipinski definition) is 3. The number of nitrogens with zero attached hydrogens (tertiary/aromatic N) is 2. The second-order valence-corrected chi connectivity index (χ2v) is 6.17. The van der Waals surface area contributed by atoms with Gasteiger partial charge in [-0.2, -0.15) is 5.10 Å². The van der Waals surface area contributed by atoms with Crippen LogP contribution in [0.4, 0.5) is 0 Å². The summed E-state index contributed by atoms with van der Waals surface area (Å²) in [7, 11) is 0. The van der Waals surface area contributed by atoms with E-state index in [0.29, 0.717) is 11.4 Å². The van der Waals surface area contributed by atoms with Crippen molar-refractivity contribution < 1.29 is 4.79 Å². The van der Waals surface area contributed by atoms with E-state index in [0.717, 1.165) is 50.3 Å². The molecule has 5 heteroatoms. The van der Waals surface area contributed by atoms with Crippen molar-refractivity contribution in [1.29, 1.82) is 0 Å². The molecule has 20 heavy (non-hydrogen) atoms. The minimum absolute atomic E-state index is 0.218. The van der Waals surface area contributed by atoms with Crippen LogP contribution in [-0.4, -0.2) is 28.7 Å². The lowest BCUT2D eigenvalue weighted by Crippen LogP contribution is -2.41. The van der Waals surface area contributed by atoms with Crippen LogP contribution >= 0.6 is 11.6 Å². The summed E-state index contributed by atoms with van der Waals surface area (Å²) in [6.07, 6.45) is 3.01. The van der Waals surface area contributed by atoms with Gasteiger partial charge in [0.15, 0.2) is 0 Å². The van der Waals surface area contributed by atoms with Crippen molar-refractivity contribution in [3.05, 3.63) is 16.4 Å². The van der Waals surface area contributed by atoms with Gasteiger partial charge in [0.25, 0.3) is 0 Å². The third-order valence-electron chi connectivity index (χ3n) is 4.40. The van der Waals surface area contributed by atoms with Gasteiger partial charge >= 0.3 is 0 Å². The lowest BCUT2D eigenvalue weighted by Gasteiger charge is -2.32. The Morgan fingerprint density at radius 3 is 2.60 bits per heavy atom. The monoisotopic (exact) mass is 297 g/mol. The third-order valence-corrected chi connectivity index (χ3v) is 4.84. The topological polar surface area (TPSA) is 46.9 Å². The van der Waals surface area contributed by atoms with Gasteiger partial charge in [-0.25, -0.2) is 0 Å². The highest BCUT2D eigenvalue weighted by atomic mass is 35.5. The summed E-state index contributed by atoms with van der Waals surface area (Å²) in [4.78, 5) is 12.7. The standard InChI is InChI=1S/C15H24ClN3O/c1-4-11-14(16)12(19(5-2)18-11)10-13(20)15(3)6-8-17-9-7-15/h17H,4-10H2,1-3H3. The molecule has 0 aromatic carbocycles. The van der Waals surface area contributed by atoms with Crippen molar-refractivity contribution in [3.8, 4) is 0 Å². The molecule has 0 unspecified atom stereocenters. The fourth-order valence-corrected chi connectivity index (χ4v) is 3.14. The highest BCUT2D eigenvalue weighted by Gasteiger charge is 2.35. The molecule has 0 bridgehead atoms. The van der Waals surface area contributed by atoms with Crippen molar-refractivity contribution in [2.24, 2.45) is 5.41 Å². The van der Waals surface area contributed by atoms with Gasteiger partial charge in [0.1, 0.15) is 5.78 Å². The molecule has 0 aliphatic carbocycles. The maximum atomic E-state index is 12.7. The fraction of sp³-hybridized carbons (Fsp3) is 0.733. The third kappa shape index (κ3) is 2.91. The van der Waals surface area contributed by atoms with Gasteiger partial charge in [0, 0.05) is 12.0 Å². The summed E-state index contributed by atoms with van der Waals surface area (Å²) in [5.41, 5.74) is 1.56. The molecule has 0 radical (unpaired) electrons. The number of carbonyl (C=O) groups excluding carboxylic acids is 1. The first-order valence-corrected chi connectivity index (χ1v) is 7.87. The van der Waals surface area contributed by atoms with Gasteiger partial charge < -0.3 is 5.32 Å². The number of aromatic nitrogens is 2. The molecule has 112 valence electrons. The van der Waals surface area contributed by atoms with Crippen LogP contribution in [0.5, 0.6) is 0 Å². The molecule has 1 aromatic rings. The summed E-state index contributed by atoms with van der Waals surface area (Å²) >= 11 is 6.39. The van der Waals surface area contributed by atoms with Crippen molar-refractivity contribution in [1.82, 2.24) is 15.1 Å². The summed E-state index contributed by atoms with van der Waals surface area (Å²) in [6, 6.07) is 0. The van der Waals surface area contributed by atoms with Crippen LogP contribution in [0.3, 0.4) is 0 Å². The van der Waals surface area contributed by atoms with Crippen molar-refractivity contribution in [2.75, 3.05) is 13.1 Å². The Morgan fingerprint density at radius 1 is 1.40 bits per heavy atom. The predicted molar refractivity (Wildman–Crippen MR) is 81.2 cm³/mol. The Balaban J connectivity index is 2.20. The first-order valence-electron chi connectivity index (χ1n) is 7.50. The molecule has 1 saturated heterocycles. The van der Waals surface area contributed by atoms with Gasteiger partial charge in [-0.3, -0.25) is 9.48 Å². The summed E-state index contributed by atoms with van der Waals surface area (Å²) in [6.45, 7) is 8.74. The number of nitrogens with one attached hydrogen (secondary N) is 1. The second kappa shape index (κ2) is 6.27. The molecule has 2 rings (SSSR count). The number of aryl methyl sites for hydroxylation is 2. The molecular formula is C15H24ClN3O. The maximum Gasteiger partial charge on any atom is 0.144 e. The highest BCUT2D eigenvalue weighted by Crippen LogP contribution is 2.32. The Bertz CT molecular complexity index is 490. The van der Waals surface area contributed by atoms with Crippen molar-refractivity contribution in [2.45, 2.75) is 53.0 Å². The average Bonchev–Trinajstić information content (AvgIpc) is 2.76. The molecule has 0 atom stereocenters. The summed E-state index contributed by atoms with van der Waals surface area (Å²) < 4.78 is 1.88. The van der Waals surface area contributed by atoms with E-state index in [1.165, 1.54) is 0 Å². The highest BCUT2D eigenvalue weighted by molar-refractivity contribution is 6.32. The summed E-state index contributed by atoms with van der Waals surface area (Å²) in [5.74, 6) is 0.290. The first kappa shape index (κ1) is 15.5. The van der Waals surface area contributed by atoms with E-state index in [1.54, 1.807) is 0 Å². The number of hydrogen-bond donors (Lipinski definition) is 1. The Morgan fingerprint density at radius 2 is 2.05 bits per heavy atom. The molecule has 0 spiro atoms. The Labute approximate surface area is 125 Å². The molecule has 0 amide bonds.